The minimum Gasteiger partial charge on any atom is -0.493 e. The fraction of sp³-hybridized carbons (Fsp3) is 0.286. The molecule has 3 aromatic rings. The number of methoxy groups -OCH3 is 2. The van der Waals surface area contributed by atoms with Gasteiger partial charge in [-0.15, -0.1) is 0 Å². The first-order valence-corrected chi connectivity index (χ1v) is 9.38. The van der Waals surface area contributed by atoms with Crippen LogP contribution in [0.25, 0.3) is 10.9 Å². The number of carbonyl (C=O) groups excluding carboxylic acids is 1. The van der Waals surface area contributed by atoms with E-state index in [1.807, 2.05) is 0 Å². The van der Waals surface area contributed by atoms with Gasteiger partial charge in [0.15, 0.2) is 11.5 Å². The number of ether oxygens (including phenoxy) is 2. The van der Waals surface area contributed by atoms with Gasteiger partial charge in [-0.05, 0) is 31.0 Å². The summed E-state index contributed by atoms with van der Waals surface area (Å²) in [5, 5.41) is 0.171. The highest BCUT2D eigenvalue weighted by atomic mass is 19.1. The van der Waals surface area contributed by atoms with Crippen LogP contribution < -0.4 is 20.5 Å². The van der Waals surface area contributed by atoms with Crippen LogP contribution in [0.4, 0.5) is 8.78 Å². The molecular weight excluding hydrogens is 396 g/mol. The first-order valence-electron chi connectivity index (χ1n) is 9.38. The zero-order valence-electron chi connectivity index (χ0n) is 16.4. The number of nitrogens with one attached hydrogen (secondary N) is 1. The highest BCUT2D eigenvalue weighted by Gasteiger charge is 2.28. The highest BCUT2D eigenvalue weighted by Crippen LogP contribution is 2.36. The van der Waals surface area contributed by atoms with Gasteiger partial charge < -0.3 is 9.47 Å². The van der Waals surface area contributed by atoms with Crippen molar-refractivity contribution in [1.82, 2.24) is 9.66 Å². The summed E-state index contributed by atoms with van der Waals surface area (Å²) in [5.41, 5.74) is 1.37. The largest absolute Gasteiger partial charge is 0.493 e. The lowest BCUT2D eigenvalue weighted by Gasteiger charge is -2.27. The second-order valence-electron chi connectivity index (χ2n) is 7.00. The Morgan fingerprint density at radius 2 is 1.77 bits per heavy atom. The number of aromatic nitrogens is 2. The average molecular weight is 415 g/mol. The molecule has 1 amide bonds. The third-order valence-electron chi connectivity index (χ3n) is 5.27. The van der Waals surface area contributed by atoms with Crippen LogP contribution in [0.2, 0.25) is 0 Å². The second kappa shape index (κ2) is 7.74. The second-order valence-corrected chi connectivity index (χ2v) is 7.00. The summed E-state index contributed by atoms with van der Waals surface area (Å²) in [7, 11) is 2.90. The van der Waals surface area contributed by atoms with E-state index in [4.69, 9.17) is 9.47 Å². The zero-order valence-corrected chi connectivity index (χ0v) is 16.4. The maximum absolute atomic E-state index is 14.0. The molecule has 1 aliphatic carbocycles. The molecule has 156 valence electrons. The van der Waals surface area contributed by atoms with Gasteiger partial charge >= 0.3 is 0 Å². The Balaban J connectivity index is 1.88. The molecule has 0 radical (unpaired) electrons. The van der Waals surface area contributed by atoms with E-state index in [0.717, 1.165) is 42.1 Å². The van der Waals surface area contributed by atoms with E-state index < -0.39 is 28.7 Å². The van der Waals surface area contributed by atoms with Gasteiger partial charge in [0.25, 0.3) is 11.5 Å². The van der Waals surface area contributed by atoms with E-state index in [2.05, 4.69) is 10.4 Å². The molecule has 1 aromatic heterocycles. The Labute approximate surface area is 170 Å². The fourth-order valence-corrected chi connectivity index (χ4v) is 3.45. The molecule has 0 bridgehead atoms. The molecule has 2 aromatic carbocycles. The fourth-order valence-electron chi connectivity index (χ4n) is 3.45. The van der Waals surface area contributed by atoms with Crippen LogP contribution in [0, 0.1) is 11.6 Å². The van der Waals surface area contributed by atoms with E-state index in [1.54, 1.807) is 6.07 Å². The number of amides is 1. The van der Waals surface area contributed by atoms with Gasteiger partial charge in [0.1, 0.15) is 23.0 Å². The number of carbonyl (C=O) groups is 1. The lowest BCUT2D eigenvalue weighted by atomic mass is 9.84. The van der Waals surface area contributed by atoms with Gasteiger partial charge in [0.2, 0.25) is 0 Å². The van der Waals surface area contributed by atoms with Gasteiger partial charge in [-0.2, -0.15) is 0 Å². The predicted octanol–water partition coefficient (Wildman–Crippen LogP) is 3.34. The summed E-state index contributed by atoms with van der Waals surface area (Å²) in [6, 6.07) is 6.15. The van der Waals surface area contributed by atoms with Crippen LogP contribution >= 0.6 is 0 Å². The van der Waals surface area contributed by atoms with Crippen molar-refractivity contribution in [3.8, 4) is 11.5 Å². The molecule has 1 aliphatic rings. The number of hydrogen-bond donors (Lipinski definition) is 1. The van der Waals surface area contributed by atoms with Crippen LogP contribution in [0.1, 0.15) is 41.4 Å². The molecule has 0 aliphatic heterocycles. The summed E-state index contributed by atoms with van der Waals surface area (Å²) in [4.78, 5) is 30.4. The lowest BCUT2D eigenvalue weighted by Crippen LogP contribution is -2.38. The molecule has 1 heterocycles. The molecule has 4 rings (SSSR count). The van der Waals surface area contributed by atoms with E-state index in [9.17, 15) is 18.4 Å². The molecular formula is C21H19F2N3O4. The van der Waals surface area contributed by atoms with Gasteiger partial charge in [-0.25, -0.2) is 18.4 Å². The van der Waals surface area contributed by atoms with Crippen molar-refractivity contribution in [1.29, 1.82) is 0 Å². The maximum Gasteiger partial charge on any atom is 0.280 e. The Kier molecular flexibility index (Phi) is 5.11. The van der Waals surface area contributed by atoms with Crippen molar-refractivity contribution in [2.45, 2.75) is 25.2 Å². The number of halogens is 2. The van der Waals surface area contributed by atoms with Crippen molar-refractivity contribution in [2.24, 2.45) is 0 Å². The number of nitrogens with zero attached hydrogens (tertiary/aromatic N) is 2. The molecule has 0 saturated heterocycles. The number of rotatable bonds is 5. The Morgan fingerprint density at radius 1 is 1.13 bits per heavy atom. The third kappa shape index (κ3) is 3.26. The molecule has 30 heavy (non-hydrogen) atoms. The minimum atomic E-state index is -1.07. The summed E-state index contributed by atoms with van der Waals surface area (Å²) < 4.78 is 39.6. The molecule has 1 N–H and O–H groups in total. The lowest BCUT2D eigenvalue weighted by molar-refractivity contribution is 0.0997. The number of fused-ring (bicyclic) bond motifs is 1. The van der Waals surface area contributed by atoms with Crippen molar-refractivity contribution < 1.29 is 23.0 Å². The van der Waals surface area contributed by atoms with E-state index in [1.165, 1.54) is 20.3 Å². The molecule has 7 nitrogen and oxygen atoms in total. The summed E-state index contributed by atoms with van der Waals surface area (Å²) in [5.74, 6) is -2.12. The summed E-state index contributed by atoms with van der Waals surface area (Å²) >= 11 is 0. The van der Waals surface area contributed by atoms with Gasteiger partial charge in [-0.1, -0.05) is 12.5 Å². The monoisotopic (exact) mass is 415 g/mol. The van der Waals surface area contributed by atoms with Crippen molar-refractivity contribution in [2.75, 3.05) is 19.6 Å². The maximum atomic E-state index is 14.0. The highest BCUT2D eigenvalue weighted by molar-refractivity contribution is 6.00. The van der Waals surface area contributed by atoms with Crippen LogP contribution in [0.3, 0.4) is 0 Å². The first kappa shape index (κ1) is 19.8. The topological polar surface area (TPSA) is 82.5 Å². The van der Waals surface area contributed by atoms with Crippen molar-refractivity contribution in [3.63, 3.8) is 0 Å². The quantitative estimate of drug-likeness (QED) is 0.691. The molecule has 1 fully saturated rings. The van der Waals surface area contributed by atoms with Gasteiger partial charge in [0.05, 0.1) is 25.1 Å². The average Bonchev–Trinajstić information content (AvgIpc) is 2.68. The van der Waals surface area contributed by atoms with E-state index in [0.29, 0.717) is 22.8 Å². The molecule has 9 heteroatoms. The molecule has 0 spiro atoms. The third-order valence-corrected chi connectivity index (χ3v) is 5.27. The summed E-state index contributed by atoms with van der Waals surface area (Å²) in [6.07, 6.45) is 2.53. The Hall–Kier alpha value is -3.49. The smallest absolute Gasteiger partial charge is 0.280 e. The standard InChI is InChI=1S/C21H19F2N3O4/c1-29-16-9-12-15(10-17(16)30-2)24-19(11-5-3-6-11)26(21(12)28)25-20(27)18-13(22)7-4-8-14(18)23/h4,7-11H,3,5-6H2,1-2H3,(H,25,27). The number of benzene rings is 2. The SMILES string of the molecule is COc1cc2nc(C3CCC3)n(NC(=O)c3c(F)cccc3F)c(=O)c2cc1OC. The Morgan fingerprint density at radius 3 is 2.33 bits per heavy atom. The van der Waals surface area contributed by atoms with Crippen LogP contribution in [0.5, 0.6) is 11.5 Å². The van der Waals surface area contributed by atoms with Crippen LogP contribution in [0.15, 0.2) is 35.1 Å². The van der Waals surface area contributed by atoms with E-state index in [-0.39, 0.29) is 11.3 Å². The summed E-state index contributed by atoms with van der Waals surface area (Å²) in [6.45, 7) is 0. The first-order chi connectivity index (χ1) is 14.4. The predicted molar refractivity (Wildman–Crippen MR) is 106 cm³/mol. The normalized spacial score (nSPS) is 13.7. The molecule has 0 unspecified atom stereocenters. The molecule has 1 saturated carbocycles. The minimum absolute atomic E-state index is 0.0547. The van der Waals surface area contributed by atoms with Gasteiger partial charge in [0, 0.05) is 12.0 Å². The van der Waals surface area contributed by atoms with E-state index >= 15 is 0 Å². The molecule has 0 atom stereocenters. The zero-order chi connectivity index (χ0) is 21.4. The Bertz CT molecular complexity index is 1180. The van der Waals surface area contributed by atoms with Gasteiger partial charge in [-0.3, -0.25) is 15.0 Å². The van der Waals surface area contributed by atoms with Crippen LogP contribution in [-0.2, 0) is 0 Å². The van der Waals surface area contributed by atoms with Crippen LogP contribution in [-0.4, -0.2) is 29.8 Å². The van der Waals surface area contributed by atoms with Crippen molar-refractivity contribution in [3.05, 3.63) is 63.7 Å². The number of hydrogen-bond acceptors (Lipinski definition) is 5. The van der Waals surface area contributed by atoms with Crippen molar-refractivity contribution >= 4 is 16.8 Å².